The molecule has 0 aromatic carbocycles. The number of aromatic amines is 1. The number of aromatic nitrogens is 2. The van der Waals surface area contributed by atoms with E-state index in [9.17, 15) is 0 Å². The molecular weight excluding hydrogens is 212 g/mol. The van der Waals surface area contributed by atoms with Crippen molar-refractivity contribution >= 4 is 11.0 Å². The summed E-state index contributed by atoms with van der Waals surface area (Å²) in [6, 6.07) is 4.89. The molecule has 4 nitrogen and oxygen atoms in total. The largest absolute Gasteiger partial charge is 0.346 e. The van der Waals surface area contributed by atoms with Crippen LogP contribution in [-0.2, 0) is 6.54 Å². The average molecular weight is 230 g/mol. The number of likely N-dealkylation sites (tertiary alicyclic amines) is 1. The summed E-state index contributed by atoms with van der Waals surface area (Å²) in [7, 11) is 2.05. The number of hydrogen-bond donors (Lipinski definition) is 2. The summed E-state index contributed by atoms with van der Waals surface area (Å²) >= 11 is 0. The number of rotatable bonds is 3. The molecule has 17 heavy (non-hydrogen) atoms. The first-order valence-electron chi connectivity index (χ1n) is 6.17. The van der Waals surface area contributed by atoms with Crippen molar-refractivity contribution in [3.05, 3.63) is 30.1 Å². The number of nitrogens with zero attached hydrogens (tertiary/aromatic N) is 2. The lowest BCUT2D eigenvalue weighted by atomic mass is 10.2. The lowest BCUT2D eigenvalue weighted by molar-refractivity contribution is 0.323. The molecule has 4 heteroatoms. The molecule has 1 fully saturated rings. The minimum atomic E-state index is 0.651. The molecule has 1 aliphatic heterocycles. The van der Waals surface area contributed by atoms with Crippen LogP contribution in [0.1, 0.15) is 12.0 Å². The number of H-pyrrole nitrogens is 1. The van der Waals surface area contributed by atoms with E-state index >= 15 is 0 Å². The molecule has 1 saturated heterocycles. The Morgan fingerprint density at radius 2 is 2.47 bits per heavy atom. The molecule has 2 aromatic rings. The van der Waals surface area contributed by atoms with E-state index in [-0.39, 0.29) is 0 Å². The molecule has 3 heterocycles. The van der Waals surface area contributed by atoms with E-state index in [1.165, 1.54) is 23.9 Å². The summed E-state index contributed by atoms with van der Waals surface area (Å²) in [5.74, 6) is 0. The van der Waals surface area contributed by atoms with Gasteiger partial charge in [-0.15, -0.1) is 0 Å². The second-order valence-electron chi connectivity index (χ2n) is 4.72. The lowest BCUT2D eigenvalue weighted by Crippen LogP contribution is -2.29. The van der Waals surface area contributed by atoms with Gasteiger partial charge in [-0.3, -0.25) is 4.90 Å². The quantitative estimate of drug-likeness (QED) is 0.836. The first kappa shape index (κ1) is 10.7. The Hall–Kier alpha value is -1.39. The van der Waals surface area contributed by atoms with Crippen molar-refractivity contribution in [1.29, 1.82) is 0 Å². The van der Waals surface area contributed by atoms with E-state index in [0.29, 0.717) is 6.04 Å². The number of nitrogens with one attached hydrogen (secondary N) is 2. The van der Waals surface area contributed by atoms with Gasteiger partial charge in [-0.1, -0.05) is 0 Å². The Morgan fingerprint density at radius 1 is 1.53 bits per heavy atom. The molecule has 2 aromatic heterocycles. The van der Waals surface area contributed by atoms with Crippen LogP contribution in [-0.4, -0.2) is 41.0 Å². The predicted octanol–water partition coefficient (Wildman–Crippen LogP) is 1.36. The Labute approximate surface area is 101 Å². The maximum Gasteiger partial charge on any atom is 0.137 e. The number of hydrogen-bond acceptors (Lipinski definition) is 3. The highest BCUT2D eigenvalue weighted by Crippen LogP contribution is 2.19. The van der Waals surface area contributed by atoms with E-state index in [2.05, 4.69) is 32.3 Å². The molecule has 0 amide bonds. The van der Waals surface area contributed by atoms with Gasteiger partial charge in [-0.05, 0) is 31.2 Å². The molecule has 1 unspecified atom stereocenters. The average Bonchev–Trinajstić information content (AvgIpc) is 2.97. The fraction of sp³-hybridized carbons (Fsp3) is 0.462. The van der Waals surface area contributed by atoms with E-state index in [0.717, 1.165) is 18.7 Å². The smallest absolute Gasteiger partial charge is 0.137 e. The normalized spacial score (nSPS) is 21.4. The van der Waals surface area contributed by atoms with Crippen LogP contribution < -0.4 is 5.32 Å². The summed E-state index contributed by atoms with van der Waals surface area (Å²) in [4.78, 5) is 9.99. The first-order valence-corrected chi connectivity index (χ1v) is 6.17. The fourth-order valence-corrected chi connectivity index (χ4v) is 2.61. The Bertz CT molecular complexity index is 505. The monoisotopic (exact) mass is 230 g/mol. The third-order valence-corrected chi connectivity index (χ3v) is 3.63. The van der Waals surface area contributed by atoms with Crippen LogP contribution in [0.3, 0.4) is 0 Å². The zero-order chi connectivity index (χ0) is 11.7. The van der Waals surface area contributed by atoms with Crippen LogP contribution in [0.2, 0.25) is 0 Å². The van der Waals surface area contributed by atoms with Crippen molar-refractivity contribution in [3.8, 4) is 0 Å². The summed E-state index contributed by atoms with van der Waals surface area (Å²) in [6.45, 7) is 3.35. The van der Waals surface area contributed by atoms with Gasteiger partial charge in [0.2, 0.25) is 0 Å². The molecule has 90 valence electrons. The van der Waals surface area contributed by atoms with Crippen LogP contribution in [0.15, 0.2) is 24.5 Å². The maximum absolute atomic E-state index is 4.32. The van der Waals surface area contributed by atoms with Crippen LogP contribution in [0.25, 0.3) is 11.0 Å². The summed E-state index contributed by atoms with van der Waals surface area (Å²) in [6.07, 6.45) is 5.10. The van der Waals surface area contributed by atoms with Gasteiger partial charge in [0.05, 0.1) is 0 Å². The van der Waals surface area contributed by atoms with E-state index in [1.807, 2.05) is 19.4 Å². The minimum Gasteiger partial charge on any atom is -0.346 e. The number of fused-ring (bicyclic) bond motifs is 1. The van der Waals surface area contributed by atoms with Crippen LogP contribution in [0, 0.1) is 0 Å². The van der Waals surface area contributed by atoms with Crippen LogP contribution >= 0.6 is 0 Å². The molecule has 0 spiro atoms. The van der Waals surface area contributed by atoms with E-state index < -0.39 is 0 Å². The van der Waals surface area contributed by atoms with Crippen molar-refractivity contribution in [2.24, 2.45) is 0 Å². The van der Waals surface area contributed by atoms with Crippen LogP contribution in [0.5, 0.6) is 0 Å². The molecule has 1 aliphatic rings. The molecule has 2 N–H and O–H groups in total. The van der Waals surface area contributed by atoms with Gasteiger partial charge in [0.1, 0.15) is 5.65 Å². The highest BCUT2D eigenvalue weighted by atomic mass is 15.2. The van der Waals surface area contributed by atoms with Gasteiger partial charge < -0.3 is 10.3 Å². The molecular formula is C13H18N4. The third-order valence-electron chi connectivity index (χ3n) is 3.63. The number of likely N-dealkylation sites (N-methyl/N-ethyl adjacent to an activating group) is 1. The van der Waals surface area contributed by atoms with Gasteiger partial charge in [0, 0.05) is 43.5 Å². The van der Waals surface area contributed by atoms with Crippen molar-refractivity contribution < 1.29 is 0 Å². The Morgan fingerprint density at radius 3 is 3.29 bits per heavy atom. The second-order valence-corrected chi connectivity index (χ2v) is 4.72. The van der Waals surface area contributed by atoms with Gasteiger partial charge >= 0.3 is 0 Å². The SMILES string of the molecule is CNC1CCN(Cc2ccnc3[nH]ccc23)C1. The van der Waals surface area contributed by atoms with Gasteiger partial charge in [0.15, 0.2) is 0 Å². The van der Waals surface area contributed by atoms with Gasteiger partial charge in [0.25, 0.3) is 0 Å². The zero-order valence-corrected chi connectivity index (χ0v) is 10.1. The van der Waals surface area contributed by atoms with E-state index in [1.54, 1.807) is 0 Å². The van der Waals surface area contributed by atoms with E-state index in [4.69, 9.17) is 0 Å². The Kier molecular flexibility index (Phi) is 2.82. The summed E-state index contributed by atoms with van der Waals surface area (Å²) in [5, 5.41) is 4.60. The molecule has 0 saturated carbocycles. The highest BCUT2D eigenvalue weighted by molar-refractivity contribution is 5.79. The second kappa shape index (κ2) is 4.47. The van der Waals surface area contributed by atoms with Crippen molar-refractivity contribution in [2.45, 2.75) is 19.0 Å². The minimum absolute atomic E-state index is 0.651. The summed E-state index contributed by atoms with van der Waals surface area (Å²) in [5.41, 5.74) is 2.36. The van der Waals surface area contributed by atoms with Gasteiger partial charge in [-0.25, -0.2) is 4.98 Å². The number of pyridine rings is 1. The predicted molar refractivity (Wildman–Crippen MR) is 68.8 cm³/mol. The lowest BCUT2D eigenvalue weighted by Gasteiger charge is -2.16. The zero-order valence-electron chi connectivity index (χ0n) is 10.1. The van der Waals surface area contributed by atoms with Crippen molar-refractivity contribution in [3.63, 3.8) is 0 Å². The van der Waals surface area contributed by atoms with Crippen LogP contribution in [0.4, 0.5) is 0 Å². The topological polar surface area (TPSA) is 44.0 Å². The van der Waals surface area contributed by atoms with Crippen molar-refractivity contribution in [1.82, 2.24) is 20.2 Å². The molecule has 0 bridgehead atoms. The maximum atomic E-state index is 4.32. The highest BCUT2D eigenvalue weighted by Gasteiger charge is 2.21. The third kappa shape index (κ3) is 2.06. The molecule has 3 rings (SSSR count). The molecule has 0 radical (unpaired) electrons. The molecule has 0 aliphatic carbocycles. The standard InChI is InChI=1S/C13H18N4/c1-14-11-4-7-17(9-11)8-10-2-5-15-13-12(10)3-6-16-13/h2-3,5-6,11,14H,4,7-9H2,1H3,(H,15,16). The fourth-order valence-electron chi connectivity index (χ4n) is 2.61. The summed E-state index contributed by atoms with van der Waals surface area (Å²) < 4.78 is 0. The Balaban J connectivity index is 1.79. The van der Waals surface area contributed by atoms with Gasteiger partial charge in [-0.2, -0.15) is 0 Å². The molecule has 1 atom stereocenters. The first-order chi connectivity index (χ1) is 8.36. The van der Waals surface area contributed by atoms with Crippen molar-refractivity contribution in [2.75, 3.05) is 20.1 Å².